The average Bonchev–Trinajstić information content (AvgIpc) is 3.22. The van der Waals surface area contributed by atoms with Crippen LogP contribution in [0.15, 0.2) is 9.88 Å². The minimum atomic E-state index is 0.189. The second kappa shape index (κ2) is 18.1. The molecule has 0 N–H and O–H groups in total. The van der Waals surface area contributed by atoms with E-state index in [1.807, 2.05) is 9.88 Å². The Bertz CT molecular complexity index is 500. The Balaban J connectivity index is 2.19. The predicted octanol–water partition coefficient (Wildman–Crippen LogP) is 8.17. The average molecular weight is 468 g/mol. The van der Waals surface area contributed by atoms with Gasteiger partial charge in [-0.25, -0.2) is 0 Å². The van der Waals surface area contributed by atoms with E-state index in [0.29, 0.717) is 12.8 Å². The molecule has 0 atom stereocenters. The van der Waals surface area contributed by atoms with Crippen LogP contribution in [0, 0.1) is 0 Å². The number of carbonyl (C=O) groups is 2. The zero-order valence-corrected chi connectivity index (χ0v) is 20.8. The van der Waals surface area contributed by atoms with Gasteiger partial charge in [-0.1, -0.05) is 13.8 Å². The fraction of sp³-hybridized carbons (Fsp3) is 0.769. The Hall–Kier alpha value is -0.661. The van der Waals surface area contributed by atoms with Crippen molar-refractivity contribution in [3.63, 3.8) is 0 Å². The summed E-state index contributed by atoms with van der Waals surface area (Å²) >= 11 is 0.189. The van der Waals surface area contributed by atoms with Crippen LogP contribution in [0.25, 0.3) is 0 Å². The number of ketones is 2. The summed E-state index contributed by atoms with van der Waals surface area (Å²) in [7, 11) is 0. The van der Waals surface area contributed by atoms with Gasteiger partial charge in [-0.05, 0) is 0 Å². The molecule has 0 amide bonds. The predicted molar refractivity (Wildman–Crippen MR) is 126 cm³/mol. The van der Waals surface area contributed by atoms with Crippen molar-refractivity contribution in [3.8, 4) is 0 Å². The molecule has 1 aromatic rings. The fourth-order valence-corrected chi connectivity index (χ4v) is 5.64. The van der Waals surface area contributed by atoms with E-state index in [0.717, 1.165) is 36.8 Å². The maximum atomic E-state index is 12.6. The summed E-state index contributed by atoms with van der Waals surface area (Å²) in [6.45, 7) is 4.49. The molecule has 1 rings (SSSR count). The van der Waals surface area contributed by atoms with Crippen LogP contribution in [0.1, 0.15) is 150 Å². The number of hydrogen-bond acceptors (Lipinski definition) is 2. The Labute approximate surface area is 186 Å². The first-order valence-corrected chi connectivity index (χ1v) is 14.3. The topological polar surface area (TPSA) is 34.1 Å². The van der Waals surface area contributed by atoms with Gasteiger partial charge >= 0.3 is 172 Å². The summed E-state index contributed by atoms with van der Waals surface area (Å²) in [4.78, 5) is 29.2. The van der Waals surface area contributed by atoms with Crippen molar-refractivity contribution < 1.29 is 9.59 Å². The summed E-state index contributed by atoms with van der Waals surface area (Å²) in [6.07, 6.45) is 21.1. The SMILES string of the molecule is CCCCCCCCCCC(=O)c1c[se]cc1C(=O)CCCCCCCCCC. The van der Waals surface area contributed by atoms with E-state index in [4.69, 9.17) is 0 Å². The number of unbranched alkanes of at least 4 members (excludes halogenated alkanes) is 14. The molecule has 0 aliphatic rings. The summed E-state index contributed by atoms with van der Waals surface area (Å²) in [5.41, 5.74) is 1.50. The molecule has 166 valence electrons. The smallest absolute Gasteiger partial charge is 0.0654 e. The molecule has 0 aliphatic carbocycles. The molecular formula is C26H44O2Se. The quantitative estimate of drug-likeness (QED) is 0.110. The van der Waals surface area contributed by atoms with Gasteiger partial charge in [0.15, 0.2) is 0 Å². The van der Waals surface area contributed by atoms with Gasteiger partial charge < -0.3 is 0 Å². The minimum Gasteiger partial charge on any atom is -0.0654 e. The molecule has 0 saturated heterocycles. The summed E-state index contributed by atoms with van der Waals surface area (Å²) < 4.78 is 0. The minimum absolute atomic E-state index is 0.189. The third kappa shape index (κ3) is 12.6. The Morgan fingerprint density at radius 3 is 1.21 bits per heavy atom. The summed E-state index contributed by atoms with van der Waals surface area (Å²) in [5.74, 6) is 0.400. The third-order valence-corrected chi connectivity index (χ3v) is 7.34. The van der Waals surface area contributed by atoms with Crippen molar-refractivity contribution in [2.24, 2.45) is 0 Å². The van der Waals surface area contributed by atoms with E-state index < -0.39 is 0 Å². The van der Waals surface area contributed by atoms with Crippen molar-refractivity contribution >= 4 is 26.1 Å². The van der Waals surface area contributed by atoms with Crippen molar-refractivity contribution in [2.75, 3.05) is 0 Å². The first kappa shape index (κ1) is 26.4. The van der Waals surface area contributed by atoms with E-state index >= 15 is 0 Å². The Morgan fingerprint density at radius 2 is 0.862 bits per heavy atom. The molecule has 3 heteroatoms. The molecular weight excluding hydrogens is 423 g/mol. The van der Waals surface area contributed by atoms with Crippen LogP contribution in [0.2, 0.25) is 0 Å². The van der Waals surface area contributed by atoms with E-state index in [1.165, 1.54) is 77.0 Å². The summed E-state index contributed by atoms with van der Waals surface area (Å²) in [6, 6.07) is 0. The molecule has 2 nitrogen and oxygen atoms in total. The third-order valence-electron chi connectivity index (χ3n) is 5.78. The Kier molecular flexibility index (Phi) is 16.5. The second-order valence-electron chi connectivity index (χ2n) is 8.50. The number of hydrogen-bond donors (Lipinski definition) is 0. The van der Waals surface area contributed by atoms with Crippen LogP contribution in [0.3, 0.4) is 0 Å². The van der Waals surface area contributed by atoms with Crippen LogP contribution in [0.4, 0.5) is 0 Å². The molecule has 0 fully saturated rings. The van der Waals surface area contributed by atoms with Gasteiger partial charge in [0.2, 0.25) is 0 Å². The van der Waals surface area contributed by atoms with Gasteiger partial charge in [-0.3, -0.25) is 0 Å². The van der Waals surface area contributed by atoms with Crippen molar-refractivity contribution in [1.82, 2.24) is 0 Å². The zero-order chi connectivity index (χ0) is 21.2. The van der Waals surface area contributed by atoms with Crippen molar-refractivity contribution in [1.29, 1.82) is 0 Å². The second-order valence-corrected chi connectivity index (χ2v) is 10.1. The molecule has 0 spiro atoms. The first-order chi connectivity index (χ1) is 14.2. The number of rotatable bonds is 20. The first-order valence-electron chi connectivity index (χ1n) is 12.3. The fourth-order valence-electron chi connectivity index (χ4n) is 3.84. The molecule has 0 aliphatic heterocycles. The van der Waals surface area contributed by atoms with Crippen LogP contribution in [-0.2, 0) is 0 Å². The molecule has 0 aromatic carbocycles. The van der Waals surface area contributed by atoms with Crippen LogP contribution in [-0.4, -0.2) is 26.1 Å². The van der Waals surface area contributed by atoms with E-state index in [2.05, 4.69) is 13.8 Å². The molecule has 1 aromatic heterocycles. The van der Waals surface area contributed by atoms with Crippen LogP contribution in [0.5, 0.6) is 0 Å². The van der Waals surface area contributed by atoms with Gasteiger partial charge in [-0.15, -0.1) is 0 Å². The molecule has 1 heterocycles. The monoisotopic (exact) mass is 468 g/mol. The van der Waals surface area contributed by atoms with Gasteiger partial charge in [0, 0.05) is 0 Å². The molecule has 29 heavy (non-hydrogen) atoms. The zero-order valence-electron chi connectivity index (χ0n) is 19.1. The Morgan fingerprint density at radius 1 is 0.552 bits per heavy atom. The normalized spacial score (nSPS) is 11.1. The van der Waals surface area contributed by atoms with E-state index in [1.54, 1.807) is 0 Å². The number of carbonyl (C=O) groups excluding carboxylic acids is 2. The number of Topliss-reactive ketones (excluding diaryl/α,β-unsaturated/α-hetero) is 2. The van der Waals surface area contributed by atoms with Crippen molar-refractivity contribution in [3.05, 3.63) is 21.0 Å². The summed E-state index contributed by atoms with van der Waals surface area (Å²) in [5, 5.41) is 0. The molecule has 0 saturated carbocycles. The molecule has 0 bridgehead atoms. The van der Waals surface area contributed by atoms with E-state index in [9.17, 15) is 9.59 Å². The van der Waals surface area contributed by atoms with Gasteiger partial charge in [0.05, 0.1) is 0 Å². The van der Waals surface area contributed by atoms with Crippen LogP contribution >= 0.6 is 0 Å². The standard InChI is InChI=1S/C26H44O2Se/c1-3-5-7-9-11-13-15-17-19-25(27)23-21-29-22-24(23)26(28)20-18-16-14-12-10-8-6-4-2/h21-22H,3-20H2,1-2H3. The van der Waals surface area contributed by atoms with Gasteiger partial charge in [-0.2, -0.15) is 0 Å². The molecule has 0 unspecified atom stereocenters. The van der Waals surface area contributed by atoms with Crippen LogP contribution < -0.4 is 0 Å². The van der Waals surface area contributed by atoms with Gasteiger partial charge in [0.25, 0.3) is 0 Å². The van der Waals surface area contributed by atoms with Crippen molar-refractivity contribution in [2.45, 2.75) is 129 Å². The maximum absolute atomic E-state index is 12.6. The molecule has 0 radical (unpaired) electrons. The van der Waals surface area contributed by atoms with Gasteiger partial charge in [0.1, 0.15) is 0 Å². The van der Waals surface area contributed by atoms with E-state index in [-0.39, 0.29) is 26.1 Å².